The van der Waals surface area contributed by atoms with Gasteiger partial charge in [0.15, 0.2) is 6.61 Å². The molecule has 0 aliphatic heterocycles. The fraction of sp³-hybridized carbons (Fsp3) is 0.154. The molecule has 1 aromatic carbocycles. The summed E-state index contributed by atoms with van der Waals surface area (Å²) in [5, 5.41) is 18.1. The minimum atomic E-state index is -0.566. The average molecular weight is 301 g/mol. The molecule has 0 radical (unpaired) electrons. The van der Waals surface area contributed by atoms with Crippen molar-refractivity contribution in [2.45, 2.75) is 13.2 Å². The second-order valence-electron chi connectivity index (χ2n) is 4.33. The summed E-state index contributed by atoms with van der Waals surface area (Å²) in [5.74, 6) is 1.16. The SMILES string of the molecule is O=[N+]([O-])c1ccn(Cc2nc(COc3ccccc3)no2)n1. The molecule has 0 aliphatic carbocycles. The molecule has 22 heavy (non-hydrogen) atoms. The van der Waals surface area contributed by atoms with Crippen molar-refractivity contribution < 1.29 is 14.2 Å². The number of hydrogen-bond donors (Lipinski definition) is 0. The molecule has 0 atom stereocenters. The Morgan fingerprint density at radius 2 is 2.09 bits per heavy atom. The molecule has 0 saturated carbocycles. The molecule has 0 saturated heterocycles. The summed E-state index contributed by atoms with van der Waals surface area (Å²) >= 11 is 0. The zero-order valence-electron chi connectivity index (χ0n) is 11.3. The fourth-order valence-electron chi connectivity index (χ4n) is 1.75. The van der Waals surface area contributed by atoms with Crippen LogP contribution >= 0.6 is 0 Å². The second kappa shape index (κ2) is 6.04. The number of nitro groups is 1. The summed E-state index contributed by atoms with van der Waals surface area (Å²) in [6, 6.07) is 10.6. The van der Waals surface area contributed by atoms with E-state index in [1.807, 2.05) is 30.3 Å². The van der Waals surface area contributed by atoms with Crippen molar-refractivity contribution in [3.05, 3.63) is 64.4 Å². The third kappa shape index (κ3) is 3.26. The molecule has 0 amide bonds. The molecule has 2 heterocycles. The normalized spacial score (nSPS) is 10.5. The van der Waals surface area contributed by atoms with Crippen molar-refractivity contribution in [2.24, 2.45) is 0 Å². The molecule has 2 aromatic heterocycles. The van der Waals surface area contributed by atoms with E-state index < -0.39 is 4.92 Å². The van der Waals surface area contributed by atoms with Crippen LogP contribution in [0.15, 0.2) is 47.1 Å². The number of aromatic nitrogens is 4. The first-order chi connectivity index (χ1) is 10.7. The summed E-state index contributed by atoms with van der Waals surface area (Å²) in [6.45, 7) is 0.332. The van der Waals surface area contributed by atoms with Gasteiger partial charge in [0, 0.05) is 0 Å². The van der Waals surface area contributed by atoms with Crippen LogP contribution in [0.25, 0.3) is 0 Å². The lowest BCUT2D eigenvalue weighted by atomic mass is 10.3. The average Bonchev–Trinajstić information content (AvgIpc) is 3.16. The van der Waals surface area contributed by atoms with E-state index in [9.17, 15) is 10.1 Å². The van der Waals surface area contributed by atoms with Crippen LogP contribution in [-0.4, -0.2) is 24.8 Å². The summed E-state index contributed by atoms with van der Waals surface area (Å²) < 4.78 is 11.9. The first-order valence-corrected chi connectivity index (χ1v) is 6.38. The minimum Gasteiger partial charge on any atom is -0.485 e. The lowest BCUT2D eigenvalue weighted by Gasteiger charge is -2.01. The number of hydrogen-bond acceptors (Lipinski definition) is 7. The van der Waals surface area contributed by atoms with E-state index in [2.05, 4.69) is 15.2 Å². The minimum absolute atomic E-state index is 0.159. The van der Waals surface area contributed by atoms with E-state index in [4.69, 9.17) is 9.26 Å². The van der Waals surface area contributed by atoms with Gasteiger partial charge < -0.3 is 19.4 Å². The van der Waals surface area contributed by atoms with E-state index in [1.54, 1.807) is 0 Å². The highest BCUT2D eigenvalue weighted by molar-refractivity contribution is 5.21. The van der Waals surface area contributed by atoms with Crippen molar-refractivity contribution >= 4 is 5.82 Å². The number of para-hydroxylation sites is 1. The van der Waals surface area contributed by atoms with Gasteiger partial charge in [-0.15, -0.1) is 0 Å². The Bertz CT molecular complexity index is 768. The Hall–Kier alpha value is -3.23. The van der Waals surface area contributed by atoms with Gasteiger partial charge in [0.2, 0.25) is 5.82 Å². The second-order valence-corrected chi connectivity index (χ2v) is 4.33. The maximum Gasteiger partial charge on any atom is 0.389 e. The van der Waals surface area contributed by atoms with Gasteiger partial charge in [-0.1, -0.05) is 23.4 Å². The third-order valence-corrected chi connectivity index (χ3v) is 2.73. The lowest BCUT2D eigenvalue weighted by Crippen LogP contribution is -2.02. The van der Waals surface area contributed by atoms with E-state index in [0.29, 0.717) is 17.5 Å². The first-order valence-electron chi connectivity index (χ1n) is 6.38. The molecule has 0 unspecified atom stereocenters. The van der Waals surface area contributed by atoms with Crippen LogP contribution < -0.4 is 4.74 Å². The molecule has 9 heteroatoms. The number of nitrogens with zero attached hydrogens (tertiary/aromatic N) is 5. The maximum atomic E-state index is 10.6. The standard InChI is InChI=1S/C13H11N5O4/c19-18(20)12-6-7-17(15-12)8-13-14-11(16-22-13)9-21-10-4-2-1-3-5-10/h1-7H,8-9H2. The van der Waals surface area contributed by atoms with Crippen molar-refractivity contribution in [1.29, 1.82) is 0 Å². The molecular weight excluding hydrogens is 290 g/mol. The molecule has 3 rings (SSSR count). The maximum absolute atomic E-state index is 10.6. The van der Waals surface area contributed by atoms with E-state index >= 15 is 0 Å². The van der Waals surface area contributed by atoms with Gasteiger partial charge in [-0.25, -0.2) is 0 Å². The van der Waals surface area contributed by atoms with E-state index in [0.717, 1.165) is 0 Å². The van der Waals surface area contributed by atoms with E-state index in [1.165, 1.54) is 16.9 Å². The van der Waals surface area contributed by atoms with Crippen LogP contribution in [0.5, 0.6) is 5.75 Å². The lowest BCUT2D eigenvalue weighted by molar-refractivity contribution is -0.389. The molecule has 0 aliphatic rings. The monoisotopic (exact) mass is 301 g/mol. The largest absolute Gasteiger partial charge is 0.485 e. The van der Waals surface area contributed by atoms with E-state index in [-0.39, 0.29) is 19.0 Å². The summed E-state index contributed by atoms with van der Waals surface area (Å²) in [7, 11) is 0. The van der Waals surface area contributed by atoms with Gasteiger partial charge in [0.25, 0.3) is 5.89 Å². The van der Waals surface area contributed by atoms with Crippen molar-refractivity contribution in [3.63, 3.8) is 0 Å². The quantitative estimate of drug-likeness (QED) is 0.504. The van der Waals surface area contributed by atoms with Crippen LogP contribution in [0.1, 0.15) is 11.7 Å². The van der Waals surface area contributed by atoms with Gasteiger partial charge in [-0.3, -0.25) is 0 Å². The van der Waals surface area contributed by atoms with Gasteiger partial charge in [-0.05, 0) is 17.1 Å². The Kier molecular flexibility index (Phi) is 3.77. The number of ether oxygens (including phenoxy) is 1. The van der Waals surface area contributed by atoms with Gasteiger partial charge in [0.1, 0.15) is 12.3 Å². The molecule has 0 bridgehead atoms. The predicted octanol–water partition coefficient (Wildman–Crippen LogP) is 1.80. The highest BCUT2D eigenvalue weighted by Gasteiger charge is 2.14. The Morgan fingerprint density at radius 3 is 2.82 bits per heavy atom. The van der Waals surface area contributed by atoms with Crippen molar-refractivity contribution in [3.8, 4) is 5.75 Å². The van der Waals surface area contributed by atoms with Crippen LogP contribution in [0, 0.1) is 10.1 Å². The van der Waals surface area contributed by atoms with Gasteiger partial charge in [0.05, 0.1) is 17.4 Å². The molecule has 3 aromatic rings. The summed E-state index contributed by atoms with van der Waals surface area (Å²) in [4.78, 5) is 14.1. The van der Waals surface area contributed by atoms with Gasteiger partial charge >= 0.3 is 5.82 Å². The Morgan fingerprint density at radius 1 is 1.27 bits per heavy atom. The Balaban J connectivity index is 1.59. The summed E-state index contributed by atoms with van der Waals surface area (Å²) in [5.41, 5.74) is 0. The van der Waals surface area contributed by atoms with Crippen LogP contribution in [0.4, 0.5) is 5.82 Å². The zero-order valence-corrected chi connectivity index (χ0v) is 11.3. The molecule has 9 nitrogen and oxygen atoms in total. The van der Waals surface area contributed by atoms with Crippen LogP contribution in [-0.2, 0) is 13.2 Å². The molecule has 0 spiro atoms. The van der Waals surface area contributed by atoms with Crippen molar-refractivity contribution in [1.82, 2.24) is 19.9 Å². The van der Waals surface area contributed by atoms with Gasteiger partial charge in [-0.2, -0.15) is 9.67 Å². The molecule has 0 fully saturated rings. The molecular formula is C13H11N5O4. The molecule has 112 valence electrons. The third-order valence-electron chi connectivity index (χ3n) is 2.73. The predicted molar refractivity (Wildman–Crippen MR) is 73.1 cm³/mol. The fourth-order valence-corrected chi connectivity index (χ4v) is 1.75. The van der Waals surface area contributed by atoms with Crippen LogP contribution in [0.2, 0.25) is 0 Å². The first kappa shape index (κ1) is 13.7. The zero-order chi connectivity index (χ0) is 15.4. The smallest absolute Gasteiger partial charge is 0.389 e. The topological polar surface area (TPSA) is 109 Å². The highest BCUT2D eigenvalue weighted by Crippen LogP contribution is 2.11. The molecule has 0 N–H and O–H groups in total. The number of benzene rings is 1. The highest BCUT2D eigenvalue weighted by atomic mass is 16.6. The Labute approximate surface area is 124 Å². The van der Waals surface area contributed by atoms with Crippen molar-refractivity contribution in [2.75, 3.05) is 0 Å². The summed E-state index contributed by atoms with van der Waals surface area (Å²) in [6.07, 6.45) is 1.47. The van der Waals surface area contributed by atoms with Crippen LogP contribution in [0.3, 0.4) is 0 Å². The number of rotatable bonds is 6.